The summed E-state index contributed by atoms with van der Waals surface area (Å²) in [6.07, 6.45) is 5.09. The van der Waals surface area contributed by atoms with Crippen molar-refractivity contribution in [3.8, 4) is 12.3 Å². The van der Waals surface area contributed by atoms with Crippen molar-refractivity contribution in [1.82, 2.24) is 0 Å². The Kier molecular flexibility index (Phi) is 2.86. The van der Waals surface area contributed by atoms with E-state index < -0.39 is 11.6 Å². The van der Waals surface area contributed by atoms with Crippen molar-refractivity contribution in [2.24, 2.45) is 0 Å². The maximum absolute atomic E-state index is 13.0. The molecule has 0 heterocycles. The van der Waals surface area contributed by atoms with Gasteiger partial charge in [0.05, 0.1) is 11.7 Å². The van der Waals surface area contributed by atoms with Crippen LogP contribution < -0.4 is 5.32 Å². The van der Waals surface area contributed by atoms with Gasteiger partial charge >= 0.3 is 0 Å². The lowest BCUT2D eigenvalue weighted by atomic mass is 10.2. The van der Waals surface area contributed by atoms with Crippen LogP contribution in [0, 0.1) is 24.0 Å². The number of hydrogen-bond donors (Lipinski definition) is 1. The number of hydrogen-bond acceptors (Lipinski definition) is 1. The molecule has 0 aliphatic heterocycles. The van der Waals surface area contributed by atoms with Gasteiger partial charge in [-0.2, -0.15) is 0 Å². The van der Waals surface area contributed by atoms with Crippen LogP contribution in [0.3, 0.4) is 0 Å². The second kappa shape index (κ2) is 3.90. The van der Waals surface area contributed by atoms with E-state index in [0.717, 1.165) is 6.07 Å². The molecule has 1 unspecified atom stereocenters. The minimum atomic E-state index is -0.637. The first-order chi connectivity index (χ1) is 6.13. The van der Waals surface area contributed by atoms with Gasteiger partial charge in [0.2, 0.25) is 0 Å². The molecule has 68 valence electrons. The van der Waals surface area contributed by atoms with Gasteiger partial charge in [0.15, 0.2) is 0 Å². The molecule has 0 bridgehead atoms. The third-order valence-corrected chi connectivity index (χ3v) is 1.55. The molecule has 3 heteroatoms. The van der Waals surface area contributed by atoms with Gasteiger partial charge in [0, 0.05) is 6.07 Å². The summed E-state index contributed by atoms with van der Waals surface area (Å²) in [5.41, 5.74) is 0.215. The summed E-state index contributed by atoms with van der Waals surface area (Å²) in [6.45, 7) is 1.71. The van der Waals surface area contributed by atoms with Crippen LogP contribution in [0.25, 0.3) is 0 Å². The fourth-order valence-electron chi connectivity index (χ4n) is 0.881. The molecule has 13 heavy (non-hydrogen) atoms. The monoisotopic (exact) mass is 181 g/mol. The van der Waals surface area contributed by atoms with Crippen molar-refractivity contribution in [2.45, 2.75) is 13.0 Å². The molecule has 0 amide bonds. The maximum atomic E-state index is 13.0. The van der Waals surface area contributed by atoms with E-state index in [0.29, 0.717) is 0 Å². The Hall–Kier alpha value is -1.56. The summed E-state index contributed by atoms with van der Waals surface area (Å²) in [7, 11) is 0. The van der Waals surface area contributed by atoms with Gasteiger partial charge in [-0.3, -0.25) is 0 Å². The SMILES string of the molecule is C#CC(C)Nc1ccc(F)cc1F. The predicted molar refractivity (Wildman–Crippen MR) is 48.3 cm³/mol. The van der Waals surface area contributed by atoms with Crippen molar-refractivity contribution in [3.05, 3.63) is 29.8 Å². The second-order valence-corrected chi connectivity index (χ2v) is 2.66. The Morgan fingerprint density at radius 1 is 1.46 bits per heavy atom. The van der Waals surface area contributed by atoms with Gasteiger partial charge in [-0.1, -0.05) is 5.92 Å². The van der Waals surface area contributed by atoms with Crippen molar-refractivity contribution < 1.29 is 8.78 Å². The largest absolute Gasteiger partial charge is 0.369 e. The van der Waals surface area contributed by atoms with E-state index in [1.165, 1.54) is 12.1 Å². The van der Waals surface area contributed by atoms with Crippen LogP contribution in [0.1, 0.15) is 6.92 Å². The minimum Gasteiger partial charge on any atom is -0.369 e. The number of halogens is 2. The predicted octanol–water partition coefficient (Wildman–Crippen LogP) is 2.40. The quantitative estimate of drug-likeness (QED) is 0.691. The molecule has 1 aromatic rings. The summed E-state index contributed by atoms with van der Waals surface area (Å²) in [4.78, 5) is 0. The standard InChI is InChI=1S/C10H9F2N/c1-3-7(2)13-10-5-4-8(11)6-9(10)12/h1,4-7,13H,2H3. The number of nitrogens with one attached hydrogen (secondary N) is 1. The number of anilines is 1. The van der Waals surface area contributed by atoms with Crippen LogP contribution in [-0.4, -0.2) is 6.04 Å². The highest BCUT2D eigenvalue weighted by Crippen LogP contribution is 2.15. The lowest BCUT2D eigenvalue weighted by Crippen LogP contribution is -2.13. The van der Waals surface area contributed by atoms with Crippen LogP contribution in [0.15, 0.2) is 18.2 Å². The molecule has 0 aromatic heterocycles. The maximum Gasteiger partial charge on any atom is 0.149 e. The third kappa shape index (κ3) is 2.45. The fraction of sp³-hybridized carbons (Fsp3) is 0.200. The van der Waals surface area contributed by atoms with Crippen LogP contribution in [0.2, 0.25) is 0 Å². The molecular weight excluding hydrogens is 172 g/mol. The molecule has 1 atom stereocenters. The Morgan fingerprint density at radius 2 is 2.15 bits per heavy atom. The van der Waals surface area contributed by atoms with E-state index in [2.05, 4.69) is 11.2 Å². The second-order valence-electron chi connectivity index (χ2n) is 2.66. The summed E-state index contributed by atoms with van der Waals surface area (Å²) in [5.74, 6) is 1.15. The average molecular weight is 181 g/mol. The molecule has 0 spiro atoms. The zero-order chi connectivity index (χ0) is 9.84. The topological polar surface area (TPSA) is 12.0 Å². The Bertz CT molecular complexity index is 341. The van der Waals surface area contributed by atoms with Gasteiger partial charge in [0.1, 0.15) is 11.6 Å². The zero-order valence-electron chi connectivity index (χ0n) is 7.14. The fourth-order valence-corrected chi connectivity index (χ4v) is 0.881. The lowest BCUT2D eigenvalue weighted by molar-refractivity contribution is 0.584. The lowest BCUT2D eigenvalue weighted by Gasteiger charge is -2.09. The number of benzene rings is 1. The number of rotatable bonds is 2. The van der Waals surface area contributed by atoms with Gasteiger partial charge in [-0.15, -0.1) is 6.42 Å². The number of terminal acetylenes is 1. The third-order valence-electron chi connectivity index (χ3n) is 1.55. The highest BCUT2D eigenvalue weighted by molar-refractivity contribution is 5.46. The molecule has 0 aliphatic rings. The summed E-state index contributed by atoms with van der Waals surface area (Å²) in [6, 6.07) is 3.03. The van der Waals surface area contributed by atoms with Gasteiger partial charge < -0.3 is 5.32 Å². The van der Waals surface area contributed by atoms with E-state index in [9.17, 15) is 8.78 Å². The van der Waals surface area contributed by atoms with E-state index in [1.54, 1.807) is 6.92 Å². The Balaban J connectivity index is 2.85. The van der Waals surface area contributed by atoms with Crippen LogP contribution in [-0.2, 0) is 0 Å². The van der Waals surface area contributed by atoms with Crippen LogP contribution in [0.5, 0.6) is 0 Å². The highest BCUT2D eigenvalue weighted by Gasteiger charge is 2.04. The van der Waals surface area contributed by atoms with Crippen molar-refractivity contribution in [3.63, 3.8) is 0 Å². The molecule has 0 aliphatic carbocycles. The molecule has 1 aromatic carbocycles. The molecular formula is C10H9F2N. The van der Waals surface area contributed by atoms with Gasteiger partial charge in [-0.05, 0) is 19.1 Å². The summed E-state index contributed by atoms with van der Waals surface area (Å²) >= 11 is 0. The Morgan fingerprint density at radius 3 is 2.69 bits per heavy atom. The smallest absolute Gasteiger partial charge is 0.149 e. The first-order valence-electron chi connectivity index (χ1n) is 3.81. The van der Waals surface area contributed by atoms with E-state index >= 15 is 0 Å². The van der Waals surface area contributed by atoms with E-state index in [-0.39, 0.29) is 11.7 Å². The molecule has 0 radical (unpaired) electrons. The van der Waals surface area contributed by atoms with Crippen molar-refractivity contribution in [2.75, 3.05) is 5.32 Å². The summed E-state index contributed by atoms with van der Waals surface area (Å²) in [5, 5.41) is 2.71. The molecule has 0 saturated heterocycles. The van der Waals surface area contributed by atoms with Crippen LogP contribution in [0.4, 0.5) is 14.5 Å². The molecule has 0 fully saturated rings. The zero-order valence-corrected chi connectivity index (χ0v) is 7.14. The minimum absolute atomic E-state index is 0.215. The van der Waals surface area contributed by atoms with Crippen molar-refractivity contribution >= 4 is 5.69 Å². The van der Waals surface area contributed by atoms with Crippen LogP contribution >= 0.6 is 0 Å². The van der Waals surface area contributed by atoms with Crippen molar-refractivity contribution in [1.29, 1.82) is 0 Å². The molecule has 1 rings (SSSR count). The van der Waals surface area contributed by atoms with E-state index in [4.69, 9.17) is 6.42 Å². The molecule has 0 saturated carbocycles. The normalized spacial score (nSPS) is 11.8. The first kappa shape index (κ1) is 9.53. The average Bonchev–Trinajstić information content (AvgIpc) is 2.09. The highest BCUT2D eigenvalue weighted by atomic mass is 19.1. The van der Waals surface area contributed by atoms with Gasteiger partial charge in [0.25, 0.3) is 0 Å². The first-order valence-corrected chi connectivity index (χ1v) is 3.81. The summed E-state index contributed by atoms with van der Waals surface area (Å²) < 4.78 is 25.4. The molecule has 1 N–H and O–H groups in total. The Labute approximate surface area is 75.8 Å². The van der Waals surface area contributed by atoms with E-state index in [1.807, 2.05) is 0 Å². The molecule has 1 nitrogen and oxygen atoms in total. The van der Waals surface area contributed by atoms with Gasteiger partial charge in [-0.25, -0.2) is 8.78 Å².